The van der Waals surface area contributed by atoms with Gasteiger partial charge in [0.15, 0.2) is 9.84 Å². The lowest BCUT2D eigenvalue weighted by Crippen LogP contribution is -2.40. The molecule has 0 saturated carbocycles. The minimum Gasteiger partial charge on any atom is -0.341 e. The Morgan fingerprint density at radius 2 is 1.93 bits per heavy atom. The fraction of sp³-hybridized carbons (Fsp3) is 0.588. The van der Waals surface area contributed by atoms with Crippen LogP contribution in [0.5, 0.6) is 0 Å². The SMILES string of the molecule is CC(C)(C)S(=O)(=O)C1CCN(C(=O)CCNS(=O)(=O)c2cccc(F)c2)C1. The number of hydrogen-bond donors (Lipinski definition) is 1. The Morgan fingerprint density at radius 1 is 1.26 bits per heavy atom. The van der Waals surface area contributed by atoms with E-state index in [1.54, 1.807) is 20.8 Å². The molecule has 1 aliphatic rings. The van der Waals surface area contributed by atoms with Crippen LogP contribution < -0.4 is 4.72 Å². The second kappa shape index (κ2) is 7.84. The number of amides is 1. The molecule has 27 heavy (non-hydrogen) atoms. The number of nitrogens with zero attached hydrogens (tertiary/aromatic N) is 1. The zero-order chi connectivity index (χ0) is 20.5. The first kappa shape index (κ1) is 21.8. The Kier molecular flexibility index (Phi) is 6.33. The third-order valence-corrected chi connectivity index (χ3v) is 8.96. The molecule has 1 unspecified atom stereocenters. The van der Waals surface area contributed by atoms with Gasteiger partial charge in [-0.05, 0) is 45.4 Å². The van der Waals surface area contributed by atoms with Crippen LogP contribution in [0, 0.1) is 5.82 Å². The predicted molar refractivity (Wildman–Crippen MR) is 99.9 cm³/mol. The summed E-state index contributed by atoms with van der Waals surface area (Å²) in [6, 6.07) is 4.58. The highest BCUT2D eigenvalue weighted by Crippen LogP contribution is 2.27. The van der Waals surface area contributed by atoms with Gasteiger partial charge in [0.1, 0.15) is 5.82 Å². The van der Waals surface area contributed by atoms with Crippen molar-refractivity contribution < 1.29 is 26.0 Å². The van der Waals surface area contributed by atoms with E-state index in [2.05, 4.69) is 4.72 Å². The van der Waals surface area contributed by atoms with Crippen molar-refractivity contribution in [3.8, 4) is 0 Å². The Labute approximate surface area is 159 Å². The number of likely N-dealkylation sites (tertiary alicyclic amines) is 1. The summed E-state index contributed by atoms with van der Waals surface area (Å²) in [5.74, 6) is -0.985. The minimum absolute atomic E-state index is 0.100. The van der Waals surface area contributed by atoms with Crippen LogP contribution in [0.1, 0.15) is 33.6 Å². The molecule has 1 amide bonds. The monoisotopic (exact) mass is 420 g/mol. The van der Waals surface area contributed by atoms with Gasteiger partial charge in [-0.3, -0.25) is 4.79 Å². The van der Waals surface area contributed by atoms with E-state index in [-0.39, 0.29) is 30.3 Å². The molecule has 1 aromatic carbocycles. The summed E-state index contributed by atoms with van der Waals surface area (Å²) in [6.45, 7) is 5.20. The molecule has 1 saturated heterocycles. The van der Waals surface area contributed by atoms with Crippen LogP contribution in [-0.4, -0.2) is 57.3 Å². The average molecular weight is 421 g/mol. The van der Waals surface area contributed by atoms with E-state index in [4.69, 9.17) is 0 Å². The van der Waals surface area contributed by atoms with Crippen LogP contribution in [0.3, 0.4) is 0 Å². The Hall–Kier alpha value is -1.52. The van der Waals surface area contributed by atoms with Crippen molar-refractivity contribution in [3.63, 3.8) is 0 Å². The van der Waals surface area contributed by atoms with Crippen molar-refractivity contribution in [3.05, 3.63) is 30.1 Å². The highest BCUT2D eigenvalue weighted by molar-refractivity contribution is 7.93. The number of carbonyl (C=O) groups excluding carboxylic acids is 1. The Bertz CT molecular complexity index is 907. The number of hydrogen-bond acceptors (Lipinski definition) is 5. The molecule has 0 radical (unpaired) electrons. The van der Waals surface area contributed by atoms with Gasteiger partial charge in [-0.2, -0.15) is 0 Å². The smallest absolute Gasteiger partial charge is 0.240 e. The van der Waals surface area contributed by atoms with Crippen molar-refractivity contribution in [1.29, 1.82) is 0 Å². The lowest BCUT2D eigenvalue weighted by Gasteiger charge is -2.24. The van der Waals surface area contributed by atoms with Crippen molar-refractivity contribution in [2.75, 3.05) is 19.6 Å². The van der Waals surface area contributed by atoms with E-state index in [0.717, 1.165) is 12.1 Å². The van der Waals surface area contributed by atoms with Crippen molar-refractivity contribution >= 4 is 25.8 Å². The molecule has 1 aliphatic heterocycles. The number of halogens is 1. The molecule has 1 fully saturated rings. The summed E-state index contributed by atoms with van der Waals surface area (Å²) >= 11 is 0. The van der Waals surface area contributed by atoms with Crippen LogP contribution >= 0.6 is 0 Å². The Morgan fingerprint density at radius 3 is 2.52 bits per heavy atom. The van der Waals surface area contributed by atoms with Gasteiger partial charge in [0.2, 0.25) is 15.9 Å². The number of nitrogens with one attached hydrogen (secondary N) is 1. The molecule has 1 N–H and O–H groups in total. The predicted octanol–water partition coefficient (Wildman–Crippen LogP) is 1.31. The summed E-state index contributed by atoms with van der Waals surface area (Å²) in [7, 11) is -7.28. The summed E-state index contributed by atoms with van der Waals surface area (Å²) in [6.07, 6.45) is 0.275. The first-order valence-corrected chi connectivity index (χ1v) is 11.6. The summed E-state index contributed by atoms with van der Waals surface area (Å²) < 4.78 is 63.7. The standard InChI is InChI=1S/C17H25FN2O5S2/c1-17(2,3)26(22,23)15-8-10-20(12-15)16(21)7-9-19-27(24,25)14-6-4-5-13(18)11-14/h4-6,11,15,19H,7-10,12H2,1-3H3. The van der Waals surface area contributed by atoms with Gasteiger partial charge in [-0.1, -0.05) is 6.07 Å². The van der Waals surface area contributed by atoms with Gasteiger partial charge < -0.3 is 4.90 Å². The van der Waals surface area contributed by atoms with Crippen LogP contribution in [0.2, 0.25) is 0 Å². The zero-order valence-corrected chi connectivity index (χ0v) is 17.2. The molecule has 0 spiro atoms. The lowest BCUT2D eigenvalue weighted by atomic mass is 10.3. The van der Waals surface area contributed by atoms with Gasteiger partial charge in [0.05, 0.1) is 14.9 Å². The molecule has 2 rings (SSSR count). The quantitative estimate of drug-likeness (QED) is 0.748. The number of sulfone groups is 1. The highest BCUT2D eigenvalue weighted by atomic mass is 32.2. The topological polar surface area (TPSA) is 101 Å². The third kappa shape index (κ3) is 5.05. The van der Waals surface area contributed by atoms with E-state index < -0.39 is 35.7 Å². The maximum Gasteiger partial charge on any atom is 0.240 e. The minimum atomic E-state index is -3.91. The maximum atomic E-state index is 13.2. The molecule has 7 nitrogen and oxygen atoms in total. The summed E-state index contributed by atoms with van der Waals surface area (Å²) in [4.78, 5) is 13.5. The number of rotatable bonds is 6. The number of benzene rings is 1. The van der Waals surface area contributed by atoms with Crippen molar-refractivity contribution in [2.24, 2.45) is 0 Å². The molecule has 0 aliphatic carbocycles. The van der Waals surface area contributed by atoms with Crippen LogP contribution in [0.4, 0.5) is 4.39 Å². The largest absolute Gasteiger partial charge is 0.341 e. The van der Waals surface area contributed by atoms with Gasteiger partial charge >= 0.3 is 0 Å². The van der Waals surface area contributed by atoms with Crippen molar-refractivity contribution in [2.45, 2.75) is 48.5 Å². The second-order valence-electron chi connectivity index (χ2n) is 7.51. The first-order chi connectivity index (χ1) is 12.3. The van der Waals surface area contributed by atoms with E-state index in [9.17, 15) is 26.0 Å². The fourth-order valence-corrected chi connectivity index (χ4v) is 5.73. The van der Waals surface area contributed by atoms with Crippen molar-refractivity contribution in [1.82, 2.24) is 9.62 Å². The van der Waals surface area contributed by atoms with E-state index >= 15 is 0 Å². The van der Waals surface area contributed by atoms with Gasteiger partial charge in [-0.25, -0.2) is 25.9 Å². The fourth-order valence-electron chi connectivity index (χ4n) is 2.88. The highest BCUT2D eigenvalue weighted by Gasteiger charge is 2.41. The molecule has 1 heterocycles. The summed E-state index contributed by atoms with van der Waals surface area (Å²) in [5.41, 5.74) is 0. The number of carbonyl (C=O) groups is 1. The van der Waals surface area contributed by atoms with Gasteiger partial charge in [0, 0.05) is 26.1 Å². The summed E-state index contributed by atoms with van der Waals surface area (Å²) in [5, 5.41) is -0.606. The lowest BCUT2D eigenvalue weighted by molar-refractivity contribution is -0.129. The van der Waals surface area contributed by atoms with Crippen LogP contribution in [0.25, 0.3) is 0 Å². The molecule has 1 aromatic rings. The number of sulfonamides is 1. The molecular formula is C17H25FN2O5S2. The third-order valence-electron chi connectivity index (χ3n) is 4.53. The Balaban J connectivity index is 1.90. The van der Waals surface area contributed by atoms with E-state index in [1.165, 1.54) is 17.0 Å². The molecule has 152 valence electrons. The maximum absolute atomic E-state index is 13.2. The second-order valence-corrected chi connectivity index (χ2v) is 12.3. The molecule has 1 atom stereocenters. The van der Waals surface area contributed by atoms with Crippen LogP contribution in [0.15, 0.2) is 29.2 Å². The molecule has 10 heteroatoms. The van der Waals surface area contributed by atoms with E-state index in [0.29, 0.717) is 13.0 Å². The van der Waals surface area contributed by atoms with Gasteiger partial charge in [-0.15, -0.1) is 0 Å². The molecular weight excluding hydrogens is 395 g/mol. The van der Waals surface area contributed by atoms with E-state index in [1.807, 2.05) is 0 Å². The molecule has 0 bridgehead atoms. The average Bonchev–Trinajstić information content (AvgIpc) is 3.04. The van der Waals surface area contributed by atoms with Gasteiger partial charge in [0.25, 0.3) is 0 Å². The van der Waals surface area contributed by atoms with Crippen LogP contribution in [-0.2, 0) is 24.7 Å². The normalized spacial score (nSPS) is 18.7. The first-order valence-electron chi connectivity index (χ1n) is 8.61. The molecule has 0 aromatic heterocycles. The zero-order valence-electron chi connectivity index (χ0n) is 15.6.